The molecule has 3 aromatic heterocycles. The number of likely N-dealkylation sites (tertiary alicyclic amines) is 1. The first-order valence-electron chi connectivity index (χ1n) is 11.5. The summed E-state index contributed by atoms with van der Waals surface area (Å²) in [7, 11) is 0. The van der Waals surface area contributed by atoms with E-state index in [0.29, 0.717) is 29.9 Å². The van der Waals surface area contributed by atoms with Gasteiger partial charge in [-0.1, -0.05) is 26.8 Å². The zero-order valence-corrected chi connectivity index (χ0v) is 19.5. The molecule has 3 N–H and O–H groups in total. The third-order valence-electron chi connectivity index (χ3n) is 6.36. The van der Waals surface area contributed by atoms with Crippen LogP contribution in [0.2, 0.25) is 0 Å². The Bertz CT molecular complexity index is 1450. The van der Waals surface area contributed by atoms with Crippen LogP contribution >= 0.6 is 0 Å². The lowest BCUT2D eigenvalue weighted by Crippen LogP contribution is -2.42. The molecule has 2 amide bonds. The molecule has 1 fully saturated rings. The number of hydrogen-bond donors (Lipinski definition) is 3. The maximum Gasteiger partial charge on any atom is 0.326 e. The molecular formula is C25H28N6O3. The zero-order valence-electron chi connectivity index (χ0n) is 19.5. The summed E-state index contributed by atoms with van der Waals surface area (Å²) in [6, 6.07) is 8.78. The van der Waals surface area contributed by atoms with Crippen LogP contribution in [0.3, 0.4) is 0 Å². The predicted octanol–water partition coefficient (Wildman–Crippen LogP) is 3.67. The monoisotopic (exact) mass is 460 g/mol. The number of aromatic nitrogens is 4. The number of imidazole rings is 1. The minimum Gasteiger partial charge on any atom is -0.346 e. The number of fused-ring (bicyclic) bond motifs is 3. The van der Waals surface area contributed by atoms with Gasteiger partial charge in [0.2, 0.25) is 5.91 Å². The van der Waals surface area contributed by atoms with E-state index < -0.39 is 5.41 Å². The summed E-state index contributed by atoms with van der Waals surface area (Å²) in [5, 5.41) is 3.76. The number of nitrogens with one attached hydrogen (secondary N) is 3. The standard InChI is InChI=1S/C25H28N6O3/c1-25(2,3)23(33)28-16-7-4-6-15(12-16)22(32)30-11-5-8-17(14-30)31-20-18-9-10-26-21(18)27-13-19(20)29-24(31)34/h4,6-7,9-10,12-13,17H,5,8,11,14H2,1-3H3,(H,26,27)(H,28,33)(H,29,34)/t17-/m1/s1. The molecular weight excluding hydrogens is 432 g/mol. The van der Waals surface area contributed by atoms with Crippen molar-refractivity contribution in [3.8, 4) is 0 Å². The molecule has 176 valence electrons. The number of carbonyl (C=O) groups excluding carboxylic acids is 2. The van der Waals surface area contributed by atoms with E-state index >= 15 is 0 Å². The van der Waals surface area contributed by atoms with Crippen molar-refractivity contribution in [2.75, 3.05) is 18.4 Å². The fourth-order valence-corrected chi connectivity index (χ4v) is 4.55. The number of carbonyl (C=O) groups is 2. The molecule has 1 aliphatic rings. The summed E-state index contributed by atoms with van der Waals surface area (Å²) < 4.78 is 1.77. The van der Waals surface area contributed by atoms with Gasteiger partial charge in [-0.05, 0) is 37.1 Å². The van der Waals surface area contributed by atoms with Crippen LogP contribution in [-0.4, -0.2) is 49.3 Å². The Labute approximate surface area is 196 Å². The maximum atomic E-state index is 13.4. The Hall–Kier alpha value is -3.88. The summed E-state index contributed by atoms with van der Waals surface area (Å²) in [5.41, 5.74) is 2.58. The van der Waals surface area contributed by atoms with Crippen molar-refractivity contribution in [3.05, 3.63) is 58.8 Å². The highest BCUT2D eigenvalue weighted by atomic mass is 16.2. The number of H-pyrrole nitrogens is 2. The van der Waals surface area contributed by atoms with Crippen LogP contribution in [0.1, 0.15) is 50.0 Å². The summed E-state index contributed by atoms with van der Waals surface area (Å²) in [6.07, 6.45) is 5.06. The maximum absolute atomic E-state index is 13.4. The molecule has 9 heteroatoms. The van der Waals surface area contributed by atoms with E-state index in [4.69, 9.17) is 0 Å². The number of nitrogens with zero attached hydrogens (tertiary/aromatic N) is 3. The van der Waals surface area contributed by atoms with Crippen LogP contribution in [0.4, 0.5) is 5.69 Å². The topological polar surface area (TPSA) is 116 Å². The zero-order chi connectivity index (χ0) is 24.0. The number of rotatable bonds is 3. The second kappa shape index (κ2) is 8.16. The van der Waals surface area contributed by atoms with Crippen LogP contribution in [0.15, 0.2) is 47.5 Å². The number of pyridine rings is 1. The van der Waals surface area contributed by atoms with Crippen molar-refractivity contribution in [2.24, 2.45) is 5.41 Å². The number of piperidine rings is 1. The fourth-order valence-electron chi connectivity index (χ4n) is 4.55. The smallest absolute Gasteiger partial charge is 0.326 e. The van der Waals surface area contributed by atoms with E-state index in [9.17, 15) is 14.4 Å². The van der Waals surface area contributed by atoms with Crippen molar-refractivity contribution in [3.63, 3.8) is 0 Å². The number of anilines is 1. The Morgan fingerprint density at radius 3 is 2.82 bits per heavy atom. The van der Waals surface area contributed by atoms with E-state index in [2.05, 4.69) is 20.3 Å². The molecule has 0 radical (unpaired) electrons. The van der Waals surface area contributed by atoms with Crippen LogP contribution in [0.25, 0.3) is 22.1 Å². The van der Waals surface area contributed by atoms with Gasteiger partial charge in [-0.3, -0.25) is 14.2 Å². The molecule has 34 heavy (non-hydrogen) atoms. The molecule has 1 aromatic carbocycles. The lowest BCUT2D eigenvalue weighted by Gasteiger charge is -2.33. The number of hydrogen-bond acceptors (Lipinski definition) is 4. The average molecular weight is 461 g/mol. The minimum absolute atomic E-state index is 0.112. The third kappa shape index (κ3) is 3.87. The first kappa shape index (κ1) is 21.9. The van der Waals surface area contributed by atoms with Crippen molar-refractivity contribution in [1.82, 2.24) is 24.4 Å². The normalized spacial score (nSPS) is 16.8. The molecule has 0 unspecified atom stereocenters. The molecule has 0 aliphatic carbocycles. The Morgan fingerprint density at radius 2 is 2.03 bits per heavy atom. The Kier molecular flexibility index (Phi) is 5.27. The molecule has 4 heterocycles. The van der Waals surface area contributed by atoms with Gasteiger partial charge in [0.15, 0.2) is 0 Å². The third-order valence-corrected chi connectivity index (χ3v) is 6.36. The van der Waals surface area contributed by atoms with Crippen LogP contribution in [-0.2, 0) is 4.79 Å². The van der Waals surface area contributed by atoms with E-state index in [1.165, 1.54) is 0 Å². The van der Waals surface area contributed by atoms with Crippen LogP contribution in [0.5, 0.6) is 0 Å². The van der Waals surface area contributed by atoms with E-state index in [1.807, 2.05) is 26.8 Å². The molecule has 9 nitrogen and oxygen atoms in total. The number of amides is 2. The SMILES string of the molecule is CC(C)(C)C(=O)Nc1cccc(C(=O)N2CCC[C@@H](n3c(=O)[nH]c4cnc5[nH]ccc5c43)C2)c1. The van der Waals surface area contributed by atoms with Gasteiger partial charge in [-0.25, -0.2) is 9.78 Å². The minimum atomic E-state index is -0.535. The summed E-state index contributed by atoms with van der Waals surface area (Å²) >= 11 is 0. The van der Waals surface area contributed by atoms with Gasteiger partial charge in [0.05, 0.1) is 23.3 Å². The van der Waals surface area contributed by atoms with Gasteiger partial charge in [0.1, 0.15) is 5.65 Å². The lowest BCUT2D eigenvalue weighted by atomic mass is 9.95. The van der Waals surface area contributed by atoms with E-state index in [0.717, 1.165) is 29.4 Å². The van der Waals surface area contributed by atoms with Gasteiger partial charge in [0.25, 0.3) is 5.91 Å². The Morgan fingerprint density at radius 1 is 1.21 bits per heavy atom. The predicted molar refractivity (Wildman–Crippen MR) is 131 cm³/mol. The highest BCUT2D eigenvalue weighted by molar-refractivity contribution is 6.01. The summed E-state index contributed by atoms with van der Waals surface area (Å²) in [5.74, 6) is -0.225. The van der Waals surface area contributed by atoms with E-state index in [1.54, 1.807) is 46.1 Å². The van der Waals surface area contributed by atoms with Gasteiger partial charge >= 0.3 is 5.69 Å². The van der Waals surface area contributed by atoms with Crippen LogP contribution in [0, 0.1) is 5.41 Å². The second-order valence-corrected chi connectivity index (χ2v) is 9.89. The number of aromatic amines is 2. The van der Waals surface area contributed by atoms with Crippen molar-refractivity contribution >= 4 is 39.6 Å². The van der Waals surface area contributed by atoms with Gasteiger partial charge in [-0.2, -0.15) is 0 Å². The Balaban J connectivity index is 1.42. The van der Waals surface area contributed by atoms with Gasteiger partial charge in [0, 0.05) is 41.3 Å². The molecule has 0 saturated carbocycles. The molecule has 1 atom stereocenters. The first-order valence-corrected chi connectivity index (χ1v) is 11.5. The summed E-state index contributed by atoms with van der Waals surface area (Å²) in [6.45, 7) is 6.57. The largest absolute Gasteiger partial charge is 0.346 e. The molecule has 4 aromatic rings. The molecule has 1 aliphatic heterocycles. The van der Waals surface area contributed by atoms with Gasteiger partial charge in [-0.15, -0.1) is 0 Å². The highest BCUT2D eigenvalue weighted by Gasteiger charge is 2.29. The van der Waals surface area contributed by atoms with Crippen molar-refractivity contribution in [1.29, 1.82) is 0 Å². The van der Waals surface area contributed by atoms with Crippen molar-refractivity contribution < 1.29 is 9.59 Å². The van der Waals surface area contributed by atoms with Crippen molar-refractivity contribution in [2.45, 2.75) is 39.7 Å². The quantitative estimate of drug-likeness (QED) is 0.433. The number of benzene rings is 1. The molecule has 0 spiro atoms. The summed E-state index contributed by atoms with van der Waals surface area (Å²) in [4.78, 5) is 50.8. The molecule has 0 bridgehead atoms. The average Bonchev–Trinajstić information content (AvgIpc) is 3.41. The van der Waals surface area contributed by atoms with Gasteiger partial charge < -0.3 is 20.2 Å². The fraction of sp³-hybridized carbons (Fsp3) is 0.360. The lowest BCUT2D eigenvalue weighted by molar-refractivity contribution is -0.123. The van der Waals surface area contributed by atoms with E-state index in [-0.39, 0.29) is 23.5 Å². The first-order chi connectivity index (χ1) is 16.2. The molecule has 1 saturated heterocycles. The van der Waals surface area contributed by atoms with Crippen LogP contribution < -0.4 is 11.0 Å². The second-order valence-electron chi connectivity index (χ2n) is 9.89. The molecule has 5 rings (SSSR count). The highest BCUT2D eigenvalue weighted by Crippen LogP contribution is 2.28.